The molecule has 2 aliphatic heterocycles. The molecule has 3 unspecified atom stereocenters. The highest BCUT2D eigenvalue weighted by atomic mass is 16.5. The van der Waals surface area contributed by atoms with E-state index in [9.17, 15) is 4.79 Å². The van der Waals surface area contributed by atoms with E-state index in [1.165, 1.54) is 12.8 Å². The van der Waals surface area contributed by atoms with Crippen molar-refractivity contribution in [2.75, 3.05) is 20.3 Å². The third kappa shape index (κ3) is 3.04. The van der Waals surface area contributed by atoms with Gasteiger partial charge in [-0.3, -0.25) is 4.79 Å². The van der Waals surface area contributed by atoms with Crippen molar-refractivity contribution in [2.45, 2.75) is 63.6 Å². The van der Waals surface area contributed by atoms with Gasteiger partial charge >= 0.3 is 0 Å². The zero-order chi connectivity index (χ0) is 13.0. The molecule has 2 saturated heterocycles. The summed E-state index contributed by atoms with van der Waals surface area (Å²) in [6.07, 6.45) is 6.53. The lowest BCUT2D eigenvalue weighted by Gasteiger charge is -2.34. The molecule has 2 fully saturated rings. The van der Waals surface area contributed by atoms with Crippen LogP contribution in [-0.2, 0) is 9.53 Å². The van der Waals surface area contributed by atoms with Gasteiger partial charge in [-0.2, -0.15) is 0 Å². The van der Waals surface area contributed by atoms with E-state index in [4.69, 9.17) is 4.74 Å². The number of hydrogen-bond donors (Lipinski definition) is 1. The molecule has 0 bridgehead atoms. The van der Waals surface area contributed by atoms with Crippen LogP contribution in [0.25, 0.3) is 0 Å². The van der Waals surface area contributed by atoms with E-state index in [2.05, 4.69) is 17.1 Å². The molecule has 1 N–H and O–H groups in total. The van der Waals surface area contributed by atoms with Crippen molar-refractivity contribution in [1.29, 1.82) is 0 Å². The highest BCUT2D eigenvalue weighted by Gasteiger charge is 2.41. The summed E-state index contributed by atoms with van der Waals surface area (Å²) in [4.78, 5) is 14.1. The summed E-state index contributed by atoms with van der Waals surface area (Å²) in [7, 11) is 1.75. The third-order valence-corrected chi connectivity index (χ3v) is 4.18. The number of amides is 1. The number of rotatable bonds is 6. The fraction of sp³-hybridized carbons (Fsp3) is 0.929. The minimum atomic E-state index is 0.337. The standard InChI is InChI=1S/C14H26N2O2/c1-3-6-11(10-18-2)15-12-9-14(17)16-8-5-4-7-13(12)16/h11-13,15H,3-10H2,1-2H3. The quantitative estimate of drug-likeness (QED) is 0.782. The summed E-state index contributed by atoms with van der Waals surface area (Å²) in [5, 5.41) is 3.66. The van der Waals surface area contributed by atoms with Crippen LogP contribution in [0.5, 0.6) is 0 Å². The third-order valence-electron chi connectivity index (χ3n) is 4.18. The minimum absolute atomic E-state index is 0.337. The maximum absolute atomic E-state index is 12.0. The number of nitrogens with zero attached hydrogens (tertiary/aromatic N) is 1. The molecular weight excluding hydrogens is 228 g/mol. The van der Waals surface area contributed by atoms with E-state index < -0.39 is 0 Å². The van der Waals surface area contributed by atoms with Gasteiger partial charge in [0.05, 0.1) is 6.61 Å². The van der Waals surface area contributed by atoms with E-state index >= 15 is 0 Å². The molecule has 0 aromatic carbocycles. The summed E-state index contributed by atoms with van der Waals surface area (Å²) in [5.41, 5.74) is 0. The Balaban J connectivity index is 1.93. The lowest BCUT2D eigenvalue weighted by atomic mass is 9.98. The van der Waals surface area contributed by atoms with E-state index in [1.54, 1.807) is 7.11 Å². The van der Waals surface area contributed by atoms with Crippen LogP contribution in [-0.4, -0.2) is 49.2 Å². The van der Waals surface area contributed by atoms with Crippen LogP contribution in [0.3, 0.4) is 0 Å². The van der Waals surface area contributed by atoms with Crippen LogP contribution < -0.4 is 5.32 Å². The average Bonchev–Trinajstić information content (AvgIpc) is 2.68. The topological polar surface area (TPSA) is 41.6 Å². The van der Waals surface area contributed by atoms with Crippen molar-refractivity contribution in [3.8, 4) is 0 Å². The maximum atomic E-state index is 12.0. The fourth-order valence-electron chi connectivity index (χ4n) is 3.36. The van der Waals surface area contributed by atoms with Gasteiger partial charge < -0.3 is 15.0 Å². The number of piperidine rings is 1. The van der Waals surface area contributed by atoms with E-state index in [1.807, 2.05) is 0 Å². The van der Waals surface area contributed by atoms with Crippen LogP contribution in [0, 0.1) is 0 Å². The molecule has 0 aliphatic carbocycles. The van der Waals surface area contributed by atoms with Crippen molar-refractivity contribution < 1.29 is 9.53 Å². The number of methoxy groups -OCH3 is 1. The number of fused-ring (bicyclic) bond motifs is 1. The molecule has 0 aromatic heterocycles. The SMILES string of the molecule is CCCC(COC)NC1CC(=O)N2CCCCC12. The first kappa shape index (κ1) is 13.8. The summed E-state index contributed by atoms with van der Waals surface area (Å²) < 4.78 is 5.27. The van der Waals surface area contributed by atoms with Crippen LogP contribution >= 0.6 is 0 Å². The molecule has 0 spiro atoms. The molecule has 3 atom stereocenters. The second-order valence-electron chi connectivity index (χ2n) is 5.57. The predicted molar refractivity (Wildman–Crippen MR) is 71.5 cm³/mol. The van der Waals surface area contributed by atoms with Crippen molar-refractivity contribution in [2.24, 2.45) is 0 Å². The lowest BCUT2D eigenvalue weighted by Crippen LogP contribution is -2.49. The molecule has 2 rings (SSSR count). The minimum Gasteiger partial charge on any atom is -0.383 e. The molecule has 4 heteroatoms. The molecule has 2 aliphatic rings. The Morgan fingerprint density at radius 2 is 2.33 bits per heavy atom. The zero-order valence-electron chi connectivity index (χ0n) is 11.7. The van der Waals surface area contributed by atoms with Gasteiger partial charge in [0.25, 0.3) is 0 Å². The normalized spacial score (nSPS) is 29.4. The Morgan fingerprint density at radius 1 is 1.50 bits per heavy atom. The molecule has 1 amide bonds. The van der Waals surface area contributed by atoms with Gasteiger partial charge in [0.15, 0.2) is 0 Å². The van der Waals surface area contributed by atoms with Crippen LogP contribution in [0.1, 0.15) is 45.4 Å². The molecule has 0 aromatic rings. The van der Waals surface area contributed by atoms with Gasteiger partial charge in [0.2, 0.25) is 5.91 Å². The molecular formula is C14H26N2O2. The van der Waals surface area contributed by atoms with E-state index in [0.29, 0.717) is 30.5 Å². The average molecular weight is 254 g/mol. The monoisotopic (exact) mass is 254 g/mol. The van der Waals surface area contributed by atoms with E-state index in [-0.39, 0.29) is 0 Å². The van der Waals surface area contributed by atoms with Crippen molar-refractivity contribution in [3.63, 3.8) is 0 Å². The summed E-state index contributed by atoms with van der Waals surface area (Å²) in [6.45, 7) is 3.90. The first-order valence-corrected chi connectivity index (χ1v) is 7.30. The van der Waals surface area contributed by atoms with Gasteiger partial charge in [-0.15, -0.1) is 0 Å². The molecule has 2 heterocycles. The first-order valence-electron chi connectivity index (χ1n) is 7.30. The zero-order valence-corrected chi connectivity index (χ0v) is 11.7. The maximum Gasteiger partial charge on any atom is 0.224 e. The highest BCUT2D eigenvalue weighted by molar-refractivity contribution is 5.80. The summed E-state index contributed by atoms with van der Waals surface area (Å²) >= 11 is 0. The number of hydrogen-bond acceptors (Lipinski definition) is 3. The Labute approximate surface area is 110 Å². The lowest BCUT2D eigenvalue weighted by molar-refractivity contribution is -0.129. The van der Waals surface area contributed by atoms with Crippen LogP contribution in [0.4, 0.5) is 0 Å². The molecule has 4 nitrogen and oxygen atoms in total. The summed E-state index contributed by atoms with van der Waals surface area (Å²) in [5.74, 6) is 0.338. The number of carbonyl (C=O) groups excluding carboxylic acids is 1. The molecule has 0 radical (unpaired) electrons. The predicted octanol–water partition coefficient (Wildman–Crippen LogP) is 1.54. The fourth-order valence-corrected chi connectivity index (χ4v) is 3.36. The molecule has 18 heavy (non-hydrogen) atoms. The van der Waals surface area contributed by atoms with Gasteiger partial charge in [0, 0.05) is 38.2 Å². The Hall–Kier alpha value is -0.610. The van der Waals surface area contributed by atoms with Crippen molar-refractivity contribution in [3.05, 3.63) is 0 Å². The number of ether oxygens (including phenoxy) is 1. The number of nitrogens with one attached hydrogen (secondary N) is 1. The second kappa shape index (κ2) is 6.53. The van der Waals surface area contributed by atoms with Gasteiger partial charge in [-0.05, 0) is 25.7 Å². The molecule has 0 saturated carbocycles. The van der Waals surface area contributed by atoms with Gasteiger partial charge in [0.1, 0.15) is 0 Å². The van der Waals surface area contributed by atoms with Crippen molar-refractivity contribution in [1.82, 2.24) is 10.2 Å². The highest BCUT2D eigenvalue weighted by Crippen LogP contribution is 2.28. The van der Waals surface area contributed by atoms with Crippen molar-refractivity contribution >= 4 is 5.91 Å². The van der Waals surface area contributed by atoms with Gasteiger partial charge in [-0.25, -0.2) is 0 Å². The Bertz CT molecular complexity index is 277. The van der Waals surface area contributed by atoms with Crippen LogP contribution in [0.2, 0.25) is 0 Å². The molecule has 104 valence electrons. The summed E-state index contributed by atoms with van der Waals surface area (Å²) in [6, 6.07) is 1.16. The second-order valence-corrected chi connectivity index (χ2v) is 5.57. The first-order chi connectivity index (χ1) is 8.76. The van der Waals surface area contributed by atoms with Crippen LogP contribution in [0.15, 0.2) is 0 Å². The van der Waals surface area contributed by atoms with E-state index in [0.717, 1.165) is 32.4 Å². The largest absolute Gasteiger partial charge is 0.383 e. The smallest absolute Gasteiger partial charge is 0.224 e. The Kier molecular flexibility index (Phi) is 5.01. The Morgan fingerprint density at radius 3 is 3.06 bits per heavy atom. The van der Waals surface area contributed by atoms with Gasteiger partial charge in [-0.1, -0.05) is 13.3 Å². The number of carbonyl (C=O) groups is 1.